The van der Waals surface area contributed by atoms with Gasteiger partial charge in [0.1, 0.15) is 11.5 Å². The average molecular weight is 425 g/mol. The van der Waals surface area contributed by atoms with Crippen molar-refractivity contribution in [2.45, 2.75) is 26.3 Å². The molecule has 2 N–H and O–H groups in total. The van der Waals surface area contributed by atoms with Gasteiger partial charge < -0.3 is 5.32 Å². The van der Waals surface area contributed by atoms with Gasteiger partial charge in [-0.25, -0.2) is 4.98 Å². The molecule has 1 aromatic carbocycles. The topological polar surface area (TPSA) is 69.7 Å². The maximum atomic E-state index is 4.53. The van der Waals surface area contributed by atoms with Gasteiger partial charge in [0.2, 0.25) is 0 Å². The van der Waals surface area contributed by atoms with Crippen molar-refractivity contribution in [1.82, 2.24) is 25.1 Å². The quantitative estimate of drug-likeness (QED) is 0.438. The maximum Gasteiger partial charge on any atom is 0.130 e. The van der Waals surface area contributed by atoms with Crippen LogP contribution in [0.15, 0.2) is 67.6 Å². The van der Waals surface area contributed by atoms with E-state index in [1.807, 2.05) is 30.6 Å². The van der Waals surface area contributed by atoms with Gasteiger partial charge >= 0.3 is 0 Å². The summed E-state index contributed by atoms with van der Waals surface area (Å²) in [6.07, 6.45) is 8.24. The van der Waals surface area contributed by atoms with E-state index in [2.05, 4.69) is 68.2 Å². The zero-order valence-corrected chi connectivity index (χ0v) is 18.4. The number of aromatic nitrogens is 4. The summed E-state index contributed by atoms with van der Waals surface area (Å²) in [5.41, 5.74) is 5.96. The number of nitrogens with zero attached hydrogens (tertiary/aromatic N) is 4. The zero-order valence-electron chi connectivity index (χ0n) is 18.4. The van der Waals surface area contributed by atoms with Crippen LogP contribution < -0.4 is 5.32 Å². The number of aromatic amines is 1. The molecule has 0 atom stereocenters. The molecule has 1 aliphatic rings. The van der Waals surface area contributed by atoms with Gasteiger partial charge in [-0.2, -0.15) is 5.10 Å². The van der Waals surface area contributed by atoms with Crippen LogP contribution in [0, 0.1) is 5.92 Å². The minimum absolute atomic E-state index is 0.707. The Morgan fingerprint density at radius 3 is 2.81 bits per heavy atom. The van der Waals surface area contributed by atoms with E-state index in [1.54, 1.807) is 6.20 Å². The molecule has 0 bridgehead atoms. The smallest absolute Gasteiger partial charge is 0.130 e. The lowest BCUT2D eigenvalue weighted by Gasteiger charge is -2.30. The highest BCUT2D eigenvalue weighted by molar-refractivity contribution is 5.94. The second-order valence-electron chi connectivity index (χ2n) is 8.69. The zero-order chi connectivity index (χ0) is 21.9. The van der Waals surface area contributed by atoms with E-state index < -0.39 is 0 Å². The molecule has 1 fully saturated rings. The molecule has 6 heteroatoms. The number of anilines is 1. The van der Waals surface area contributed by atoms with E-state index in [1.165, 1.54) is 31.5 Å². The molecular formula is C26H28N6. The van der Waals surface area contributed by atoms with Gasteiger partial charge in [0.25, 0.3) is 0 Å². The minimum Gasteiger partial charge on any atom is -0.339 e. The molecule has 32 heavy (non-hydrogen) atoms. The fraction of sp³-hybridized carbons (Fsp3) is 0.269. The molecule has 4 aromatic rings. The summed E-state index contributed by atoms with van der Waals surface area (Å²) in [4.78, 5) is 11.4. The van der Waals surface area contributed by atoms with Gasteiger partial charge in [0.15, 0.2) is 0 Å². The van der Waals surface area contributed by atoms with Crippen LogP contribution in [-0.4, -0.2) is 38.2 Å². The Hall–Kier alpha value is -3.51. The molecule has 3 aromatic heterocycles. The second-order valence-corrected chi connectivity index (χ2v) is 8.69. The predicted molar refractivity (Wildman–Crippen MR) is 130 cm³/mol. The van der Waals surface area contributed by atoms with Gasteiger partial charge in [-0.15, -0.1) is 0 Å². The number of pyridine rings is 2. The number of H-pyrrole nitrogens is 1. The molecular weight excluding hydrogens is 396 g/mol. The fourth-order valence-electron chi connectivity index (χ4n) is 4.28. The summed E-state index contributed by atoms with van der Waals surface area (Å²) in [5, 5.41) is 11.9. The van der Waals surface area contributed by atoms with Crippen molar-refractivity contribution in [2.24, 2.45) is 5.92 Å². The highest BCUT2D eigenvalue weighted by Gasteiger charge is 2.16. The number of benzene rings is 1. The van der Waals surface area contributed by atoms with Crippen LogP contribution in [0.5, 0.6) is 0 Å². The minimum atomic E-state index is 0.707. The van der Waals surface area contributed by atoms with Crippen molar-refractivity contribution in [1.29, 1.82) is 0 Å². The summed E-state index contributed by atoms with van der Waals surface area (Å²) < 4.78 is 0. The molecule has 0 amide bonds. The van der Waals surface area contributed by atoms with Crippen molar-refractivity contribution in [3.05, 3.63) is 78.9 Å². The number of nitrogens with one attached hydrogen (secondary N) is 2. The van der Waals surface area contributed by atoms with Crippen molar-refractivity contribution >= 4 is 22.4 Å². The highest BCUT2D eigenvalue weighted by Crippen LogP contribution is 2.29. The summed E-state index contributed by atoms with van der Waals surface area (Å²) in [7, 11) is 0. The van der Waals surface area contributed by atoms with Crippen LogP contribution in [0.3, 0.4) is 0 Å². The van der Waals surface area contributed by atoms with Crippen LogP contribution in [0.4, 0.5) is 5.82 Å². The van der Waals surface area contributed by atoms with E-state index in [-0.39, 0.29) is 0 Å². The molecule has 1 aliphatic heterocycles. The lowest BCUT2D eigenvalue weighted by Crippen LogP contribution is -2.32. The standard InChI is InChI=1S/C26H28N6/c1-18-8-11-32(12-9-18)17-20-13-22(16-27-15-20)21-6-7-24-23(14-21)26(31-30-24)19(2)29-25-5-3-4-10-28-25/h3-7,10,13-16,18H,2,8-9,11-12,17H2,1H3,(H,28,29)(H,30,31). The number of rotatable bonds is 6. The summed E-state index contributed by atoms with van der Waals surface area (Å²) in [6.45, 7) is 9.82. The molecule has 4 heterocycles. The van der Waals surface area contributed by atoms with E-state index in [0.29, 0.717) is 5.70 Å². The van der Waals surface area contributed by atoms with Crippen molar-refractivity contribution in [3.8, 4) is 11.1 Å². The Balaban J connectivity index is 1.39. The van der Waals surface area contributed by atoms with Gasteiger partial charge in [-0.05, 0) is 73.3 Å². The average Bonchev–Trinajstić information content (AvgIpc) is 3.25. The lowest BCUT2D eigenvalue weighted by atomic mass is 9.98. The number of likely N-dealkylation sites (tertiary alicyclic amines) is 1. The van der Waals surface area contributed by atoms with Gasteiger partial charge in [0.05, 0.1) is 11.2 Å². The number of hydrogen-bond donors (Lipinski definition) is 2. The van der Waals surface area contributed by atoms with Crippen LogP contribution in [-0.2, 0) is 6.54 Å². The first-order chi connectivity index (χ1) is 15.7. The summed E-state index contributed by atoms with van der Waals surface area (Å²) in [5.74, 6) is 1.59. The third kappa shape index (κ3) is 4.41. The van der Waals surface area contributed by atoms with Crippen molar-refractivity contribution < 1.29 is 0 Å². The Bertz CT molecular complexity index is 1220. The summed E-state index contributed by atoms with van der Waals surface area (Å²) in [6, 6.07) is 14.3. The lowest BCUT2D eigenvalue weighted by molar-refractivity contribution is 0.185. The summed E-state index contributed by atoms with van der Waals surface area (Å²) >= 11 is 0. The second kappa shape index (κ2) is 8.93. The normalized spacial score (nSPS) is 15.2. The Kier molecular flexibility index (Phi) is 5.69. The first kappa shape index (κ1) is 20.4. The van der Waals surface area contributed by atoms with Crippen molar-refractivity contribution in [2.75, 3.05) is 18.4 Å². The van der Waals surface area contributed by atoms with Gasteiger partial charge in [0, 0.05) is 36.1 Å². The van der Waals surface area contributed by atoms with Crippen LogP contribution in [0.25, 0.3) is 27.7 Å². The monoisotopic (exact) mass is 424 g/mol. The van der Waals surface area contributed by atoms with Crippen molar-refractivity contribution in [3.63, 3.8) is 0 Å². The van der Waals surface area contributed by atoms with Crippen LogP contribution in [0.2, 0.25) is 0 Å². The number of hydrogen-bond acceptors (Lipinski definition) is 5. The van der Waals surface area contributed by atoms with Gasteiger partial charge in [-0.3, -0.25) is 15.0 Å². The first-order valence-electron chi connectivity index (χ1n) is 11.2. The van der Waals surface area contributed by atoms with E-state index >= 15 is 0 Å². The Labute approximate surface area is 188 Å². The first-order valence-corrected chi connectivity index (χ1v) is 11.2. The van der Waals surface area contributed by atoms with Gasteiger partial charge in [-0.1, -0.05) is 25.6 Å². The molecule has 0 unspecified atom stereocenters. The fourth-order valence-corrected chi connectivity index (χ4v) is 4.28. The van der Waals surface area contributed by atoms with Crippen LogP contribution in [0.1, 0.15) is 31.0 Å². The Morgan fingerprint density at radius 2 is 2.00 bits per heavy atom. The highest BCUT2D eigenvalue weighted by atomic mass is 15.1. The van der Waals surface area contributed by atoms with E-state index in [0.717, 1.165) is 46.0 Å². The molecule has 162 valence electrons. The molecule has 0 saturated carbocycles. The molecule has 1 saturated heterocycles. The maximum absolute atomic E-state index is 4.53. The third-order valence-electron chi connectivity index (χ3n) is 6.20. The third-order valence-corrected chi connectivity index (χ3v) is 6.20. The number of fused-ring (bicyclic) bond motifs is 1. The molecule has 0 spiro atoms. The number of piperidine rings is 1. The molecule has 0 aliphatic carbocycles. The molecule has 0 radical (unpaired) electrons. The molecule has 5 rings (SSSR count). The molecule has 6 nitrogen and oxygen atoms in total. The largest absolute Gasteiger partial charge is 0.339 e. The van der Waals surface area contributed by atoms with E-state index in [9.17, 15) is 0 Å². The van der Waals surface area contributed by atoms with E-state index in [4.69, 9.17) is 0 Å². The van der Waals surface area contributed by atoms with Crippen LogP contribution >= 0.6 is 0 Å². The SMILES string of the molecule is C=C(Nc1ccccn1)c1n[nH]c2ccc(-c3cncc(CN4CCC(C)CC4)c3)cc12. The Morgan fingerprint density at radius 1 is 1.12 bits per heavy atom. The predicted octanol–water partition coefficient (Wildman–Crippen LogP) is 5.33.